The van der Waals surface area contributed by atoms with Gasteiger partial charge in [-0.2, -0.15) is 0 Å². The summed E-state index contributed by atoms with van der Waals surface area (Å²) in [6, 6.07) is 0.525. The number of hydrogen-bond donors (Lipinski definition) is 1. The van der Waals surface area contributed by atoms with Gasteiger partial charge in [0, 0.05) is 12.6 Å². The van der Waals surface area contributed by atoms with Crippen molar-refractivity contribution in [1.29, 1.82) is 0 Å². The average Bonchev–Trinajstić information content (AvgIpc) is 2.69. The van der Waals surface area contributed by atoms with E-state index in [1.165, 1.54) is 0 Å². The zero-order chi connectivity index (χ0) is 12.8. The number of rotatable bonds is 1. The zero-order valence-corrected chi connectivity index (χ0v) is 11.3. The minimum Gasteiger partial charge on any atom is -0.444 e. The minimum atomic E-state index is -0.427. The summed E-state index contributed by atoms with van der Waals surface area (Å²) in [6.07, 6.45) is 2.01. The van der Waals surface area contributed by atoms with Crippen molar-refractivity contribution in [2.45, 2.75) is 58.2 Å². The highest BCUT2D eigenvalue weighted by Crippen LogP contribution is 2.46. The zero-order valence-electron chi connectivity index (χ0n) is 11.3. The number of carbonyl (C=O) groups excluding carboxylic acids is 1. The van der Waals surface area contributed by atoms with E-state index < -0.39 is 5.60 Å². The van der Waals surface area contributed by atoms with Crippen LogP contribution in [0, 0.1) is 11.8 Å². The van der Waals surface area contributed by atoms with Gasteiger partial charge in [-0.25, -0.2) is 4.79 Å². The molecule has 4 nitrogen and oxygen atoms in total. The molecule has 1 saturated carbocycles. The Morgan fingerprint density at radius 2 is 2.06 bits per heavy atom. The number of amides is 1. The Labute approximate surface area is 103 Å². The molecule has 1 aliphatic heterocycles. The molecule has 1 saturated heterocycles. The highest BCUT2D eigenvalue weighted by atomic mass is 16.6. The molecule has 2 N–H and O–H groups in total. The monoisotopic (exact) mass is 240 g/mol. The first-order valence-corrected chi connectivity index (χ1v) is 6.55. The van der Waals surface area contributed by atoms with Gasteiger partial charge in [0.25, 0.3) is 0 Å². The minimum absolute atomic E-state index is 0.179. The van der Waals surface area contributed by atoms with Crippen LogP contribution >= 0.6 is 0 Å². The number of nitrogens with zero attached hydrogens (tertiary/aromatic N) is 1. The third kappa shape index (κ3) is 2.28. The van der Waals surface area contributed by atoms with Crippen LogP contribution in [0.5, 0.6) is 0 Å². The average molecular weight is 240 g/mol. The SMILES string of the molecule is C[C@@H]1CC2C[C@@H]1[C@H](CN)N2C(=O)OC(C)(C)C. The Bertz CT molecular complexity index is 311. The van der Waals surface area contributed by atoms with Crippen molar-refractivity contribution < 1.29 is 9.53 Å². The molecule has 0 spiro atoms. The third-order valence-corrected chi connectivity index (χ3v) is 4.01. The number of ether oxygens (including phenoxy) is 1. The van der Waals surface area contributed by atoms with E-state index in [9.17, 15) is 4.79 Å². The molecule has 17 heavy (non-hydrogen) atoms. The standard InChI is InChI=1S/C13H24N2O2/c1-8-5-9-6-10(8)11(7-14)15(9)12(16)17-13(2,3)4/h8-11H,5-7,14H2,1-4H3/t8-,9?,10+,11+/m1/s1. The quantitative estimate of drug-likeness (QED) is 0.762. The number of hydrogen-bond acceptors (Lipinski definition) is 3. The van der Waals surface area contributed by atoms with Gasteiger partial charge in [0.05, 0.1) is 6.04 Å². The molecule has 1 unspecified atom stereocenters. The Balaban J connectivity index is 2.09. The second-order valence-corrected chi connectivity index (χ2v) is 6.46. The highest BCUT2D eigenvalue weighted by Gasteiger charge is 2.51. The van der Waals surface area contributed by atoms with Crippen molar-refractivity contribution in [3.8, 4) is 0 Å². The molecular formula is C13H24N2O2. The maximum atomic E-state index is 12.2. The lowest BCUT2D eigenvalue weighted by molar-refractivity contribution is 0.00446. The van der Waals surface area contributed by atoms with Crippen molar-refractivity contribution in [3.05, 3.63) is 0 Å². The Morgan fingerprint density at radius 3 is 2.59 bits per heavy atom. The molecule has 2 bridgehead atoms. The smallest absolute Gasteiger partial charge is 0.410 e. The summed E-state index contributed by atoms with van der Waals surface area (Å²) in [5, 5.41) is 0. The fourth-order valence-electron chi connectivity index (χ4n) is 3.37. The van der Waals surface area contributed by atoms with E-state index >= 15 is 0 Å². The summed E-state index contributed by atoms with van der Waals surface area (Å²) in [6.45, 7) is 8.52. The molecule has 1 aliphatic carbocycles. The number of nitrogens with two attached hydrogens (primary N) is 1. The van der Waals surface area contributed by atoms with Crippen LogP contribution in [0.3, 0.4) is 0 Å². The van der Waals surface area contributed by atoms with Gasteiger partial charge in [0.1, 0.15) is 5.60 Å². The molecule has 4 heteroatoms. The first-order chi connectivity index (χ1) is 7.83. The largest absolute Gasteiger partial charge is 0.444 e. The van der Waals surface area contributed by atoms with Crippen LogP contribution in [0.4, 0.5) is 4.79 Å². The van der Waals surface area contributed by atoms with Gasteiger partial charge >= 0.3 is 6.09 Å². The second-order valence-electron chi connectivity index (χ2n) is 6.46. The van der Waals surface area contributed by atoms with Crippen molar-refractivity contribution in [2.24, 2.45) is 17.6 Å². The van der Waals surface area contributed by atoms with Crippen LogP contribution < -0.4 is 5.73 Å². The number of likely N-dealkylation sites (tertiary alicyclic amines) is 1. The Kier molecular flexibility index (Phi) is 3.10. The van der Waals surface area contributed by atoms with E-state index in [2.05, 4.69) is 6.92 Å². The molecule has 1 heterocycles. The lowest BCUT2D eigenvalue weighted by Crippen LogP contribution is -2.51. The summed E-state index contributed by atoms with van der Waals surface area (Å²) in [5.74, 6) is 1.25. The summed E-state index contributed by atoms with van der Waals surface area (Å²) >= 11 is 0. The van der Waals surface area contributed by atoms with Crippen LogP contribution in [0.15, 0.2) is 0 Å². The van der Waals surface area contributed by atoms with Crippen molar-refractivity contribution in [2.75, 3.05) is 6.54 Å². The van der Waals surface area contributed by atoms with E-state index in [-0.39, 0.29) is 12.1 Å². The van der Waals surface area contributed by atoms with Crippen molar-refractivity contribution in [3.63, 3.8) is 0 Å². The molecule has 2 aliphatic rings. The molecule has 2 fully saturated rings. The predicted molar refractivity (Wildman–Crippen MR) is 66.6 cm³/mol. The van der Waals surface area contributed by atoms with Crippen LogP contribution in [-0.4, -0.2) is 35.2 Å². The lowest BCUT2D eigenvalue weighted by Gasteiger charge is -2.38. The number of carbonyl (C=O) groups is 1. The van der Waals surface area contributed by atoms with Gasteiger partial charge in [-0.3, -0.25) is 0 Å². The molecule has 0 aromatic heterocycles. The van der Waals surface area contributed by atoms with Gasteiger partial charge in [-0.15, -0.1) is 0 Å². The van der Waals surface area contributed by atoms with Crippen LogP contribution in [-0.2, 0) is 4.74 Å². The molecule has 4 atom stereocenters. The molecule has 1 amide bonds. The van der Waals surface area contributed by atoms with E-state index in [4.69, 9.17) is 10.5 Å². The lowest BCUT2D eigenvalue weighted by atomic mass is 9.89. The van der Waals surface area contributed by atoms with E-state index in [0.717, 1.165) is 12.8 Å². The molecule has 98 valence electrons. The third-order valence-electron chi connectivity index (χ3n) is 4.01. The Hall–Kier alpha value is -0.770. The van der Waals surface area contributed by atoms with Crippen LogP contribution in [0.25, 0.3) is 0 Å². The fraction of sp³-hybridized carbons (Fsp3) is 0.923. The summed E-state index contributed by atoms with van der Waals surface area (Å²) in [4.78, 5) is 14.1. The summed E-state index contributed by atoms with van der Waals surface area (Å²) in [5.41, 5.74) is 5.40. The first-order valence-electron chi connectivity index (χ1n) is 6.55. The predicted octanol–water partition coefficient (Wildman–Crippen LogP) is 1.98. The Morgan fingerprint density at radius 1 is 1.41 bits per heavy atom. The second kappa shape index (κ2) is 4.16. The van der Waals surface area contributed by atoms with Gasteiger partial charge in [0.15, 0.2) is 0 Å². The van der Waals surface area contributed by atoms with Crippen molar-refractivity contribution in [1.82, 2.24) is 4.90 Å². The summed E-state index contributed by atoms with van der Waals surface area (Å²) in [7, 11) is 0. The van der Waals surface area contributed by atoms with Gasteiger partial charge in [0.2, 0.25) is 0 Å². The van der Waals surface area contributed by atoms with E-state index in [1.54, 1.807) is 0 Å². The molecular weight excluding hydrogens is 216 g/mol. The van der Waals surface area contributed by atoms with Gasteiger partial charge in [-0.05, 0) is 45.4 Å². The van der Waals surface area contributed by atoms with Crippen LogP contribution in [0.1, 0.15) is 40.5 Å². The molecule has 0 radical (unpaired) electrons. The number of fused-ring (bicyclic) bond motifs is 2. The summed E-state index contributed by atoms with van der Waals surface area (Å²) < 4.78 is 5.47. The van der Waals surface area contributed by atoms with Gasteiger partial charge in [-0.1, -0.05) is 6.92 Å². The topological polar surface area (TPSA) is 55.6 Å². The first kappa shape index (κ1) is 12.7. The molecule has 2 rings (SSSR count). The maximum Gasteiger partial charge on any atom is 0.410 e. The molecule has 0 aromatic carbocycles. The molecule has 0 aromatic rings. The van der Waals surface area contributed by atoms with E-state index in [1.807, 2.05) is 25.7 Å². The van der Waals surface area contributed by atoms with Gasteiger partial charge < -0.3 is 15.4 Å². The van der Waals surface area contributed by atoms with E-state index in [0.29, 0.717) is 24.4 Å². The number of piperidine rings is 1. The normalized spacial score (nSPS) is 36.4. The van der Waals surface area contributed by atoms with Crippen molar-refractivity contribution >= 4 is 6.09 Å². The fourth-order valence-corrected chi connectivity index (χ4v) is 3.37. The highest BCUT2D eigenvalue weighted by molar-refractivity contribution is 5.70. The van der Waals surface area contributed by atoms with Crippen LogP contribution in [0.2, 0.25) is 0 Å². The maximum absolute atomic E-state index is 12.2.